The summed E-state index contributed by atoms with van der Waals surface area (Å²) >= 11 is 0. The molecule has 1 aliphatic rings. The summed E-state index contributed by atoms with van der Waals surface area (Å²) in [7, 11) is -4.46. The molecule has 0 aromatic heterocycles. The maximum Gasteiger partial charge on any atom is 0.555 e. The molecule has 0 aromatic carbocycles. The third-order valence-electron chi connectivity index (χ3n) is 5.12. The van der Waals surface area contributed by atoms with Gasteiger partial charge in [-0.3, -0.25) is 0 Å². The van der Waals surface area contributed by atoms with Crippen molar-refractivity contribution in [2.45, 2.75) is 91.5 Å². The van der Waals surface area contributed by atoms with Gasteiger partial charge in [0.15, 0.2) is 5.35 Å². The fourth-order valence-electron chi connectivity index (χ4n) is 4.24. The van der Waals surface area contributed by atoms with Crippen LogP contribution in [-0.2, 0) is 27.2 Å². The minimum absolute atomic E-state index is 0.0132. The molecule has 4 atom stereocenters. The van der Waals surface area contributed by atoms with Gasteiger partial charge in [-0.2, -0.15) is 0 Å². The van der Waals surface area contributed by atoms with Crippen molar-refractivity contribution in [1.82, 2.24) is 4.90 Å². The third kappa shape index (κ3) is 5.32. The summed E-state index contributed by atoms with van der Waals surface area (Å²) < 4.78 is 38.6. The van der Waals surface area contributed by atoms with Gasteiger partial charge < -0.3 is 27.2 Å². The van der Waals surface area contributed by atoms with E-state index < -0.39 is 29.3 Å². The Morgan fingerprint density at radius 3 is 1.90 bits per heavy atom. The van der Waals surface area contributed by atoms with Crippen LogP contribution in [0.4, 0.5) is 0 Å². The number of hydrogen-bond acceptors (Lipinski definition) is 7. The van der Waals surface area contributed by atoms with Crippen molar-refractivity contribution in [3.05, 3.63) is 0 Å². The van der Waals surface area contributed by atoms with Crippen LogP contribution in [0.5, 0.6) is 0 Å². The SMILES string of the molecule is CCCC(C)O[Si](OCC)(OCC)C1(OCC)N(CCC)C1(OCC)[SiH2]OCC. The Balaban J connectivity index is 3.57. The third-order valence-corrected chi connectivity index (χ3v) is 11.2. The lowest BCUT2D eigenvalue weighted by Gasteiger charge is -2.38. The zero-order chi connectivity index (χ0) is 22.0. The molecular weight excluding hydrogens is 406 g/mol. The van der Waals surface area contributed by atoms with E-state index in [2.05, 4.69) is 25.7 Å². The Hall–Kier alpha value is 0.154. The predicted molar refractivity (Wildman–Crippen MR) is 120 cm³/mol. The van der Waals surface area contributed by atoms with E-state index >= 15 is 0 Å². The van der Waals surface area contributed by atoms with Crippen molar-refractivity contribution in [2.75, 3.05) is 39.6 Å². The van der Waals surface area contributed by atoms with E-state index in [1.54, 1.807) is 0 Å². The molecule has 0 N–H and O–H groups in total. The van der Waals surface area contributed by atoms with Gasteiger partial charge in [0.05, 0.1) is 0 Å². The molecule has 0 radical (unpaired) electrons. The van der Waals surface area contributed by atoms with Crippen LogP contribution in [0.25, 0.3) is 0 Å². The lowest BCUT2D eigenvalue weighted by Crippen LogP contribution is -2.66. The molecule has 0 amide bonds. The molecule has 29 heavy (non-hydrogen) atoms. The Morgan fingerprint density at radius 2 is 1.45 bits per heavy atom. The molecule has 4 unspecified atom stereocenters. The Bertz CT molecular complexity index is 455. The van der Waals surface area contributed by atoms with Gasteiger partial charge in [-0.15, -0.1) is 0 Å². The standard InChI is InChI=1S/C20H45NO6Si2/c1-9-16-18(8)27-29(25-14-6,26-15-7)20(23-12-4)19(22-11-3,28-24-13-5)21(20)17-10-2/h18H,9-17,28H2,1-8H3. The van der Waals surface area contributed by atoms with E-state index in [4.69, 9.17) is 27.2 Å². The Labute approximate surface area is 182 Å². The quantitative estimate of drug-likeness (QED) is 0.234. The van der Waals surface area contributed by atoms with Crippen molar-refractivity contribution < 1.29 is 27.2 Å². The summed E-state index contributed by atoms with van der Waals surface area (Å²) in [6.07, 6.45) is 2.96. The number of hydrogen-bond donors (Lipinski definition) is 0. The van der Waals surface area contributed by atoms with Crippen molar-refractivity contribution in [2.24, 2.45) is 0 Å². The Morgan fingerprint density at radius 1 is 0.828 bits per heavy atom. The highest BCUT2D eigenvalue weighted by Crippen LogP contribution is 2.59. The van der Waals surface area contributed by atoms with Gasteiger partial charge in [-0.25, -0.2) is 4.90 Å². The molecule has 9 heteroatoms. The second-order valence-electron chi connectivity index (χ2n) is 7.22. The highest BCUT2D eigenvalue weighted by atomic mass is 28.4. The molecule has 0 aliphatic carbocycles. The molecule has 1 heterocycles. The highest BCUT2D eigenvalue weighted by Gasteiger charge is 2.91. The van der Waals surface area contributed by atoms with Gasteiger partial charge in [0, 0.05) is 45.7 Å². The summed E-state index contributed by atoms with van der Waals surface area (Å²) in [6, 6.07) is 0. The van der Waals surface area contributed by atoms with Crippen LogP contribution >= 0.6 is 0 Å². The molecule has 0 aromatic rings. The van der Waals surface area contributed by atoms with Crippen LogP contribution in [0.1, 0.15) is 74.7 Å². The summed E-state index contributed by atoms with van der Waals surface area (Å²) in [5, 5.41) is -1.48. The molecule has 0 saturated carbocycles. The molecule has 1 fully saturated rings. The van der Waals surface area contributed by atoms with Crippen molar-refractivity contribution in [1.29, 1.82) is 0 Å². The maximum atomic E-state index is 6.71. The molecule has 1 rings (SSSR count). The van der Waals surface area contributed by atoms with E-state index in [0.717, 1.165) is 25.8 Å². The lowest BCUT2D eigenvalue weighted by molar-refractivity contribution is -0.0743. The van der Waals surface area contributed by atoms with Crippen LogP contribution in [0.3, 0.4) is 0 Å². The molecule has 1 aliphatic heterocycles. The van der Waals surface area contributed by atoms with Crippen LogP contribution in [0.15, 0.2) is 0 Å². The number of rotatable bonds is 18. The monoisotopic (exact) mass is 451 g/mol. The first-order valence-electron chi connectivity index (χ1n) is 11.5. The normalized spacial score (nSPS) is 28.3. The fourth-order valence-corrected chi connectivity index (χ4v) is 10.7. The largest absolute Gasteiger partial charge is 0.555 e. The van der Waals surface area contributed by atoms with Gasteiger partial charge in [-0.1, -0.05) is 20.3 Å². The highest BCUT2D eigenvalue weighted by molar-refractivity contribution is 6.67. The Kier molecular flexibility index (Phi) is 12.1. The summed E-state index contributed by atoms with van der Waals surface area (Å²) in [5.41, 5.74) is 0. The number of ether oxygens (including phenoxy) is 2. The topological polar surface area (TPSA) is 58.4 Å². The van der Waals surface area contributed by atoms with E-state index in [1.807, 2.05) is 34.6 Å². The second kappa shape index (κ2) is 12.9. The smallest absolute Gasteiger partial charge is 0.419 e. The summed E-state index contributed by atoms with van der Waals surface area (Å²) in [4.78, 5) is 2.28. The molecule has 0 bridgehead atoms. The van der Waals surface area contributed by atoms with Crippen molar-refractivity contribution in [3.63, 3.8) is 0 Å². The average Bonchev–Trinajstić information content (AvgIpc) is 3.22. The van der Waals surface area contributed by atoms with Crippen LogP contribution in [-0.4, -0.2) is 79.8 Å². The van der Waals surface area contributed by atoms with Crippen LogP contribution < -0.4 is 0 Å². The van der Waals surface area contributed by atoms with Gasteiger partial charge in [0.1, 0.15) is 0 Å². The van der Waals surface area contributed by atoms with Crippen molar-refractivity contribution in [3.8, 4) is 0 Å². The molecule has 7 nitrogen and oxygen atoms in total. The average molecular weight is 452 g/mol. The molecule has 1 saturated heterocycles. The summed E-state index contributed by atoms with van der Waals surface area (Å²) in [6.45, 7) is 20.0. The minimum atomic E-state index is -3.32. The second-order valence-corrected chi connectivity index (χ2v) is 11.5. The van der Waals surface area contributed by atoms with E-state index in [0.29, 0.717) is 33.0 Å². The molecular formula is C20H45NO6Si2. The first kappa shape index (κ1) is 27.2. The molecule has 0 spiro atoms. The fraction of sp³-hybridized carbons (Fsp3) is 1.00. The molecule has 174 valence electrons. The van der Waals surface area contributed by atoms with Gasteiger partial charge in [0.25, 0.3) is 0 Å². The summed E-state index contributed by atoms with van der Waals surface area (Å²) in [5.74, 6) is 0. The van der Waals surface area contributed by atoms with Gasteiger partial charge >= 0.3 is 8.80 Å². The van der Waals surface area contributed by atoms with E-state index in [9.17, 15) is 0 Å². The minimum Gasteiger partial charge on any atom is -0.419 e. The lowest BCUT2D eigenvalue weighted by atomic mass is 10.2. The van der Waals surface area contributed by atoms with Crippen molar-refractivity contribution >= 4 is 18.6 Å². The first-order valence-corrected chi connectivity index (χ1v) is 14.5. The zero-order valence-corrected chi connectivity index (χ0v) is 22.5. The van der Waals surface area contributed by atoms with Gasteiger partial charge in [-0.05, 0) is 54.4 Å². The van der Waals surface area contributed by atoms with Crippen LogP contribution in [0.2, 0.25) is 0 Å². The maximum absolute atomic E-state index is 6.71. The van der Waals surface area contributed by atoms with Crippen LogP contribution in [0, 0.1) is 0 Å². The zero-order valence-electron chi connectivity index (χ0n) is 20.0. The predicted octanol–water partition coefficient (Wildman–Crippen LogP) is 3.01. The first-order chi connectivity index (χ1) is 14.0. The van der Waals surface area contributed by atoms with E-state index in [-0.39, 0.29) is 6.10 Å². The van der Waals surface area contributed by atoms with E-state index in [1.165, 1.54) is 0 Å². The van der Waals surface area contributed by atoms with Gasteiger partial charge in [0.2, 0.25) is 15.1 Å². The number of nitrogens with zero attached hydrogens (tertiary/aromatic N) is 1.